The summed E-state index contributed by atoms with van der Waals surface area (Å²) in [5.74, 6) is -0.173. The second-order valence-corrected chi connectivity index (χ2v) is 11.0. The van der Waals surface area contributed by atoms with Crippen LogP contribution in [0.3, 0.4) is 0 Å². The molecular weight excluding hydrogens is 408 g/mol. The van der Waals surface area contributed by atoms with E-state index >= 15 is 0 Å². The normalized spacial score (nSPS) is 30.2. The summed E-state index contributed by atoms with van der Waals surface area (Å²) in [5, 5.41) is 18.0. The molecule has 0 spiro atoms. The molecule has 0 heterocycles. The van der Waals surface area contributed by atoms with E-state index in [9.17, 15) is 19.5 Å². The minimum absolute atomic E-state index is 0.0635. The number of hydrogen-bond acceptors (Lipinski definition) is 4. The molecule has 0 aliphatic heterocycles. The molecule has 2 bridgehead atoms. The molecule has 8 nitrogen and oxygen atoms in total. The number of unbranched alkanes of at least 4 members (excludes halogenated alkanes) is 1. The highest BCUT2D eigenvalue weighted by atomic mass is 16.4. The van der Waals surface area contributed by atoms with E-state index in [1.807, 2.05) is 0 Å². The van der Waals surface area contributed by atoms with E-state index in [0.29, 0.717) is 44.1 Å². The van der Waals surface area contributed by atoms with Gasteiger partial charge in [0.2, 0.25) is 5.91 Å². The summed E-state index contributed by atoms with van der Waals surface area (Å²) in [4.78, 5) is 37.4. The number of carboxylic acid groups (broad SMARTS) is 1. The minimum Gasteiger partial charge on any atom is -0.480 e. The number of fused-ring (bicyclic) bond motifs is 2. The molecule has 3 rings (SSSR count). The topological polar surface area (TPSA) is 134 Å². The van der Waals surface area contributed by atoms with Crippen LogP contribution in [0.2, 0.25) is 0 Å². The van der Waals surface area contributed by atoms with Crippen molar-refractivity contribution < 1.29 is 19.5 Å². The van der Waals surface area contributed by atoms with Gasteiger partial charge < -0.3 is 26.8 Å². The lowest BCUT2D eigenvalue weighted by Crippen LogP contribution is -2.57. The van der Waals surface area contributed by atoms with Crippen LogP contribution in [0.1, 0.15) is 85.0 Å². The van der Waals surface area contributed by atoms with Crippen molar-refractivity contribution in [3.63, 3.8) is 0 Å². The van der Waals surface area contributed by atoms with Crippen LogP contribution in [0.15, 0.2) is 0 Å². The zero-order chi connectivity index (χ0) is 23.5. The van der Waals surface area contributed by atoms with Crippen LogP contribution in [0.25, 0.3) is 0 Å². The fourth-order valence-corrected chi connectivity index (χ4v) is 6.10. The Bertz CT molecular complexity index is 708. The number of carboxylic acids is 1. The average molecular weight is 451 g/mol. The van der Waals surface area contributed by atoms with Gasteiger partial charge in [0.1, 0.15) is 12.1 Å². The second kappa shape index (κ2) is 9.98. The highest BCUT2D eigenvalue weighted by molar-refractivity contribution is 5.89. The molecular formula is C24H42N4O4. The monoisotopic (exact) mass is 450 g/mol. The number of nitrogens with two attached hydrogens (primary N) is 1. The average Bonchev–Trinajstić information content (AvgIpc) is 3.02. The van der Waals surface area contributed by atoms with Gasteiger partial charge >= 0.3 is 12.0 Å². The third-order valence-electron chi connectivity index (χ3n) is 9.08. The van der Waals surface area contributed by atoms with Gasteiger partial charge in [-0.3, -0.25) is 4.79 Å². The summed E-state index contributed by atoms with van der Waals surface area (Å²) < 4.78 is 0. The Hall–Kier alpha value is -1.83. The molecule has 0 aromatic heterocycles. The second-order valence-electron chi connectivity index (χ2n) is 11.0. The van der Waals surface area contributed by atoms with Gasteiger partial charge in [-0.25, -0.2) is 9.59 Å². The summed E-state index contributed by atoms with van der Waals surface area (Å²) in [6.45, 7) is 7.39. The summed E-state index contributed by atoms with van der Waals surface area (Å²) in [6.07, 6.45) is 8.85. The Morgan fingerprint density at radius 1 is 1.06 bits per heavy atom. The van der Waals surface area contributed by atoms with Crippen LogP contribution in [0, 0.1) is 22.7 Å². The first kappa shape index (κ1) is 24.8. The van der Waals surface area contributed by atoms with Gasteiger partial charge in [0.05, 0.1) is 0 Å². The molecule has 3 saturated carbocycles. The maximum Gasteiger partial charge on any atom is 0.326 e. The molecule has 3 aliphatic rings. The molecule has 32 heavy (non-hydrogen) atoms. The van der Waals surface area contributed by atoms with Crippen molar-refractivity contribution in [2.24, 2.45) is 28.4 Å². The van der Waals surface area contributed by atoms with Crippen LogP contribution >= 0.6 is 0 Å². The Kier molecular flexibility index (Phi) is 7.73. The molecule has 3 fully saturated rings. The lowest BCUT2D eigenvalue weighted by atomic mass is 9.69. The third-order valence-corrected chi connectivity index (χ3v) is 9.08. The quantitative estimate of drug-likeness (QED) is 0.309. The molecule has 5 atom stereocenters. The maximum atomic E-state index is 13.3. The van der Waals surface area contributed by atoms with E-state index < -0.39 is 24.1 Å². The summed E-state index contributed by atoms with van der Waals surface area (Å²) in [7, 11) is 0. The van der Waals surface area contributed by atoms with E-state index in [2.05, 4.69) is 36.7 Å². The van der Waals surface area contributed by atoms with Crippen molar-refractivity contribution >= 4 is 17.9 Å². The number of rotatable bonds is 11. The van der Waals surface area contributed by atoms with E-state index in [1.54, 1.807) is 0 Å². The number of hydrogen-bond donors (Lipinski definition) is 5. The number of aliphatic carboxylic acids is 1. The lowest BCUT2D eigenvalue weighted by molar-refractivity contribution is -0.139. The molecule has 0 radical (unpaired) electrons. The van der Waals surface area contributed by atoms with Gasteiger partial charge in [-0.2, -0.15) is 0 Å². The zero-order valence-corrected chi connectivity index (χ0v) is 19.9. The molecule has 1 unspecified atom stereocenters. The highest BCUT2D eigenvalue weighted by Crippen LogP contribution is 2.65. The van der Waals surface area contributed by atoms with Gasteiger partial charge in [0.15, 0.2) is 0 Å². The SMILES string of the molecule is CC1(C)[C@@H]2CC[C@@]1(C)[C@@H](NC(=O)[C@@H](CC1CCC1)NC(=O)NC(CCCCN)C(=O)O)C2. The summed E-state index contributed by atoms with van der Waals surface area (Å²) >= 11 is 0. The predicted molar refractivity (Wildman–Crippen MR) is 123 cm³/mol. The lowest BCUT2D eigenvalue weighted by Gasteiger charge is -2.40. The molecule has 8 heteroatoms. The smallest absolute Gasteiger partial charge is 0.326 e. The van der Waals surface area contributed by atoms with Crippen molar-refractivity contribution in [1.82, 2.24) is 16.0 Å². The standard InChI is InChI=1S/C24H42N4O4/c1-23(2)16-10-11-24(23,3)19(14-16)28-20(29)18(13-15-7-6-8-15)27-22(32)26-17(21(30)31)9-4-5-12-25/h15-19H,4-14,25H2,1-3H3,(H,28,29)(H,30,31)(H2,26,27,32)/t16-,17?,18-,19+,24+/m1/s1. The fraction of sp³-hybridized carbons (Fsp3) is 0.875. The number of nitrogens with one attached hydrogen (secondary N) is 3. The van der Waals surface area contributed by atoms with Crippen LogP contribution in [0.4, 0.5) is 4.79 Å². The zero-order valence-electron chi connectivity index (χ0n) is 19.9. The van der Waals surface area contributed by atoms with Crippen LogP contribution < -0.4 is 21.7 Å². The van der Waals surface area contributed by atoms with Crippen LogP contribution in [-0.4, -0.2) is 47.7 Å². The van der Waals surface area contributed by atoms with Gasteiger partial charge in [-0.05, 0) is 74.2 Å². The first-order valence-electron chi connectivity index (χ1n) is 12.4. The van der Waals surface area contributed by atoms with E-state index in [1.165, 1.54) is 6.42 Å². The molecule has 6 N–H and O–H groups in total. The van der Waals surface area contributed by atoms with Gasteiger partial charge in [-0.15, -0.1) is 0 Å². The summed E-state index contributed by atoms with van der Waals surface area (Å²) in [5.41, 5.74) is 5.74. The highest BCUT2D eigenvalue weighted by Gasteiger charge is 2.61. The number of amides is 3. The number of carbonyl (C=O) groups is 3. The third kappa shape index (κ3) is 5.05. The molecule has 3 aliphatic carbocycles. The molecule has 0 aromatic carbocycles. The van der Waals surface area contributed by atoms with Crippen molar-refractivity contribution in [2.45, 2.75) is 103 Å². The Morgan fingerprint density at radius 3 is 2.25 bits per heavy atom. The van der Waals surface area contributed by atoms with E-state index in [4.69, 9.17) is 5.73 Å². The molecule has 0 saturated heterocycles. The largest absolute Gasteiger partial charge is 0.480 e. The van der Waals surface area contributed by atoms with Gasteiger partial charge in [0, 0.05) is 6.04 Å². The maximum absolute atomic E-state index is 13.3. The van der Waals surface area contributed by atoms with Crippen LogP contribution in [0.5, 0.6) is 0 Å². The molecule has 0 aromatic rings. The predicted octanol–water partition coefficient (Wildman–Crippen LogP) is 2.76. The number of carbonyl (C=O) groups excluding carboxylic acids is 2. The number of urea groups is 1. The first-order valence-corrected chi connectivity index (χ1v) is 12.4. The fourth-order valence-electron chi connectivity index (χ4n) is 6.10. The first-order chi connectivity index (χ1) is 15.1. The summed E-state index contributed by atoms with van der Waals surface area (Å²) in [6, 6.07) is -2.12. The Labute approximate surface area is 191 Å². The van der Waals surface area contributed by atoms with Crippen molar-refractivity contribution in [3.8, 4) is 0 Å². The van der Waals surface area contributed by atoms with Gasteiger partial charge in [0.25, 0.3) is 0 Å². The van der Waals surface area contributed by atoms with Crippen molar-refractivity contribution in [3.05, 3.63) is 0 Å². The Morgan fingerprint density at radius 2 is 1.75 bits per heavy atom. The minimum atomic E-state index is -1.07. The molecule has 182 valence electrons. The van der Waals surface area contributed by atoms with Gasteiger partial charge in [-0.1, -0.05) is 40.0 Å². The van der Waals surface area contributed by atoms with Crippen molar-refractivity contribution in [2.75, 3.05) is 6.54 Å². The molecule has 3 amide bonds. The van der Waals surface area contributed by atoms with E-state index in [0.717, 1.165) is 32.1 Å². The van der Waals surface area contributed by atoms with Crippen molar-refractivity contribution in [1.29, 1.82) is 0 Å². The Balaban J connectivity index is 1.61. The van der Waals surface area contributed by atoms with E-state index in [-0.39, 0.29) is 22.8 Å². The van der Waals surface area contributed by atoms with Crippen LogP contribution in [-0.2, 0) is 9.59 Å².